The lowest BCUT2D eigenvalue weighted by molar-refractivity contribution is 0.100. The molecular formula is C13H13N3O2. The second kappa shape index (κ2) is 4.83. The average Bonchev–Trinajstić information content (AvgIpc) is 2.39. The van der Waals surface area contributed by atoms with E-state index in [4.69, 9.17) is 10.5 Å². The fraction of sp³-hybridized carbons (Fsp3) is 0.154. The summed E-state index contributed by atoms with van der Waals surface area (Å²) >= 11 is 0. The highest BCUT2D eigenvalue weighted by Gasteiger charge is 2.07. The van der Waals surface area contributed by atoms with Gasteiger partial charge in [0.25, 0.3) is 0 Å². The minimum atomic E-state index is -0.453. The number of hydrogen-bond donors (Lipinski definition) is 1. The predicted octanol–water partition coefficient (Wildman–Crippen LogP) is 1.56. The predicted molar refractivity (Wildman–Crippen MR) is 67.3 cm³/mol. The molecule has 0 atom stereocenters. The van der Waals surface area contributed by atoms with Gasteiger partial charge in [-0.05, 0) is 30.2 Å². The molecule has 1 aromatic heterocycles. The largest absolute Gasteiger partial charge is 0.467 e. The summed E-state index contributed by atoms with van der Waals surface area (Å²) in [7, 11) is 1.51. The fourth-order valence-corrected chi connectivity index (χ4v) is 1.65. The highest BCUT2D eigenvalue weighted by molar-refractivity contribution is 5.94. The number of nitrogens with two attached hydrogens (primary N) is 1. The van der Waals surface area contributed by atoms with Crippen LogP contribution in [0, 0.1) is 6.92 Å². The van der Waals surface area contributed by atoms with Gasteiger partial charge in [-0.3, -0.25) is 4.79 Å². The molecule has 0 saturated heterocycles. The number of nitrogens with zero attached hydrogens (tertiary/aromatic N) is 2. The molecule has 1 heterocycles. The van der Waals surface area contributed by atoms with E-state index in [0.29, 0.717) is 11.6 Å². The highest BCUT2D eigenvalue weighted by Crippen LogP contribution is 2.23. The molecule has 1 amide bonds. The van der Waals surface area contributed by atoms with Gasteiger partial charge in [-0.15, -0.1) is 0 Å². The van der Waals surface area contributed by atoms with Crippen molar-refractivity contribution in [1.82, 2.24) is 9.97 Å². The number of carbonyl (C=O) groups is 1. The number of methoxy groups -OCH3 is 1. The van der Waals surface area contributed by atoms with Crippen LogP contribution in [-0.2, 0) is 0 Å². The van der Waals surface area contributed by atoms with Crippen LogP contribution >= 0.6 is 0 Å². The van der Waals surface area contributed by atoms with Gasteiger partial charge in [0, 0.05) is 23.5 Å². The lowest BCUT2D eigenvalue weighted by Gasteiger charge is -2.07. The summed E-state index contributed by atoms with van der Waals surface area (Å²) in [5.74, 6) is -0.453. The van der Waals surface area contributed by atoms with Gasteiger partial charge in [0.1, 0.15) is 0 Å². The van der Waals surface area contributed by atoms with Gasteiger partial charge in [0.2, 0.25) is 5.91 Å². The molecular weight excluding hydrogens is 230 g/mol. The first-order valence-corrected chi connectivity index (χ1v) is 5.38. The number of amides is 1. The molecule has 18 heavy (non-hydrogen) atoms. The Bertz CT molecular complexity index is 579. The second-order valence-electron chi connectivity index (χ2n) is 3.85. The number of ether oxygens (including phenoxy) is 1. The number of rotatable bonds is 3. The molecule has 0 bridgehead atoms. The number of benzene rings is 1. The Kier molecular flexibility index (Phi) is 3.23. The maximum absolute atomic E-state index is 11.2. The zero-order valence-electron chi connectivity index (χ0n) is 10.2. The molecule has 0 fully saturated rings. The number of hydrogen-bond acceptors (Lipinski definition) is 4. The normalized spacial score (nSPS) is 10.1. The number of aromatic nitrogens is 2. The Balaban J connectivity index is 2.48. The van der Waals surface area contributed by atoms with Gasteiger partial charge < -0.3 is 10.5 Å². The summed E-state index contributed by atoms with van der Waals surface area (Å²) in [6.45, 7) is 1.95. The second-order valence-corrected chi connectivity index (χ2v) is 3.85. The van der Waals surface area contributed by atoms with Crippen LogP contribution in [0.5, 0.6) is 6.01 Å². The molecule has 1 aromatic carbocycles. The minimum Gasteiger partial charge on any atom is -0.467 e. The molecule has 0 unspecified atom stereocenters. The summed E-state index contributed by atoms with van der Waals surface area (Å²) in [4.78, 5) is 19.2. The molecule has 0 aliphatic rings. The molecule has 2 aromatic rings. The van der Waals surface area contributed by atoms with Crippen LogP contribution in [0.1, 0.15) is 15.9 Å². The van der Waals surface area contributed by atoms with Crippen LogP contribution in [0.25, 0.3) is 11.1 Å². The minimum absolute atomic E-state index is 0.308. The third kappa shape index (κ3) is 2.29. The van der Waals surface area contributed by atoms with Crippen molar-refractivity contribution in [1.29, 1.82) is 0 Å². The van der Waals surface area contributed by atoms with E-state index in [1.54, 1.807) is 24.5 Å². The highest BCUT2D eigenvalue weighted by atomic mass is 16.5. The molecule has 0 aliphatic carbocycles. The maximum Gasteiger partial charge on any atom is 0.316 e. The summed E-state index contributed by atoms with van der Waals surface area (Å²) < 4.78 is 4.90. The third-order valence-electron chi connectivity index (χ3n) is 2.64. The van der Waals surface area contributed by atoms with E-state index in [0.717, 1.165) is 16.7 Å². The first-order valence-electron chi connectivity index (χ1n) is 5.38. The summed E-state index contributed by atoms with van der Waals surface area (Å²) in [6.07, 6.45) is 3.30. The van der Waals surface area contributed by atoms with Crippen molar-refractivity contribution in [3.8, 4) is 17.1 Å². The summed E-state index contributed by atoms with van der Waals surface area (Å²) in [5, 5.41) is 0. The lowest BCUT2D eigenvalue weighted by atomic mass is 10.00. The molecule has 5 nitrogen and oxygen atoms in total. The van der Waals surface area contributed by atoms with Crippen LogP contribution in [0.15, 0.2) is 30.6 Å². The zero-order valence-corrected chi connectivity index (χ0v) is 10.2. The third-order valence-corrected chi connectivity index (χ3v) is 2.64. The van der Waals surface area contributed by atoms with Gasteiger partial charge >= 0.3 is 6.01 Å². The SMILES string of the molecule is COc1ncc(-c2cc(C(N)=O)ccc2C)cn1. The zero-order chi connectivity index (χ0) is 13.1. The van der Waals surface area contributed by atoms with E-state index in [1.165, 1.54) is 7.11 Å². The van der Waals surface area contributed by atoms with E-state index < -0.39 is 5.91 Å². The molecule has 2 rings (SSSR count). The van der Waals surface area contributed by atoms with E-state index in [2.05, 4.69) is 9.97 Å². The van der Waals surface area contributed by atoms with Gasteiger partial charge in [0.15, 0.2) is 0 Å². The van der Waals surface area contributed by atoms with E-state index >= 15 is 0 Å². The Hall–Kier alpha value is -2.43. The first kappa shape index (κ1) is 12.0. The van der Waals surface area contributed by atoms with Crippen molar-refractivity contribution in [2.75, 3.05) is 7.11 Å². The van der Waals surface area contributed by atoms with Crippen LogP contribution in [0.3, 0.4) is 0 Å². The van der Waals surface area contributed by atoms with Gasteiger partial charge in [0.05, 0.1) is 7.11 Å². The van der Waals surface area contributed by atoms with Crippen molar-refractivity contribution in [2.45, 2.75) is 6.92 Å². The van der Waals surface area contributed by atoms with E-state index in [9.17, 15) is 4.79 Å². The first-order chi connectivity index (χ1) is 8.61. The van der Waals surface area contributed by atoms with Crippen LogP contribution in [0.2, 0.25) is 0 Å². The number of primary amides is 1. The Morgan fingerprint density at radius 1 is 1.28 bits per heavy atom. The van der Waals surface area contributed by atoms with E-state index in [-0.39, 0.29) is 0 Å². The topological polar surface area (TPSA) is 78.1 Å². The summed E-state index contributed by atoms with van der Waals surface area (Å²) in [5.41, 5.74) is 8.45. The molecule has 2 N–H and O–H groups in total. The van der Waals surface area contributed by atoms with Crippen LogP contribution in [0.4, 0.5) is 0 Å². The smallest absolute Gasteiger partial charge is 0.316 e. The van der Waals surface area contributed by atoms with Crippen molar-refractivity contribution < 1.29 is 9.53 Å². The Morgan fingerprint density at radius 3 is 2.50 bits per heavy atom. The van der Waals surface area contributed by atoms with Crippen molar-refractivity contribution in [2.24, 2.45) is 5.73 Å². The molecule has 0 spiro atoms. The van der Waals surface area contributed by atoms with Gasteiger partial charge in [-0.2, -0.15) is 0 Å². The van der Waals surface area contributed by atoms with Gasteiger partial charge in [-0.25, -0.2) is 9.97 Å². The van der Waals surface area contributed by atoms with Crippen LogP contribution < -0.4 is 10.5 Å². The molecule has 92 valence electrons. The molecule has 0 radical (unpaired) electrons. The Labute approximate surface area is 105 Å². The van der Waals surface area contributed by atoms with Gasteiger partial charge in [-0.1, -0.05) is 6.07 Å². The standard InChI is InChI=1S/C13H13N3O2/c1-8-3-4-9(12(14)17)5-11(8)10-6-15-13(18-2)16-7-10/h3-7H,1-2H3,(H2,14,17). The average molecular weight is 243 g/mol. The van der Waals surface area contributed by atoms with E-state index in [1.807, 2.05) is 13.0 Å². The maximum atomic E-state index is 11.2. The molecule has 0 aliphatic heterocycles. The molecule has 5 heteroatoms. The number of aryl methyl sites for hydroxylation is 1. The van der Waals surface area contributed by atoms with Crippen molar-refractivity contribution in [3.63, 3.8) is 0 Å². The Morgan fingerprint density at radius 2 is 1.94 bits per heavy atom. The summed E-state index contributed by atoms with van der Waals surface area (Å²) in [6, 6.07) is 5.59. The molecule has 0 saturated carbocycles. The quantitative estimate of drug-likeness (QED) is 0.887. The van der Waals surface area contributed by atoms with Crippen molar-refractivity contribution in [3.05, 3.63) is 41.7 Å². The van der Waals surface area contributed by atoms with Crippen molar-refractivity contribution >= 4 is 5.91 Å². The monoisotopic (exact) mass is 243 g/mol. The lowest BCUT2D eigenvalue weighted by Crippen LogP contribution is -2.11. The fourth-order valence-electron chi connectivity index (χ4n) is 1.65. The number of carbonyl (C=O) groups excluding carboxylic acids is 1. The van der Waals surface area contributed by atoms with Crippen LogP contribution in [-0.4, -0.2) is 23.0 Å².